The van der Waals surface area contributed by atoms with E-state index in [0.717, 1.165) is 46.0 Å². The number of benzene rings is 3. The zero-order valence-electron chi connectivity index (χ0n) is 17.1. The fourth-order valence-corrected chi connectivity index (χ4v) is 3.44. The van der Waals surface area contributed by atoms with E-state index in [-0.39, 0.29) is 5.91 Å². The van der Waals surface area contributed by atoms with Crippen molar-refractivity contribution in [1.29, 1.82) is 0 Å². The third-order valence-corrected chi connectivity index (χ3v) is 5.05. The molecular weight excluding hydrogens is 376 g/mol. The molecule has 1 N–H and O–H groups in total. The zero-order chi connectivity index (χ0) is 20.9. The van der Waals surface area contributed by atoms with E-state index < -0.39 is 0 Å². The van der Waals surface area contributed by atoms with Gasteiger partial charge in [0, 0.05) is 29.8 Å². The van der Waals surface area contributed by atoms with Gasteiger partial charge in [0.05, 0.1) is 12.6 Å². The molecule has 5 heteroatoms. The number of carbonyl (C=O) groups excluding carboxylic acids is 1. The summed E-state index contributed by atoms with van der Waals surface area (Å²) in [5, 5.41) is 5.75. The van der Waals surface area contributed by atoms with Gasteiger partial charge in [-0.1, -0.05) is 25.5 Å². The second-order valence-corrected chi connectivity index (χ2v) is 7.09. The van der Waals surface area contributed by atoms with Crippen LogP contribution in [-0.4, -0.2) is 24.5 Å². The summed E-state index contributed by atoms with van der Waals surface area (Å²) in [7, 11) is 1.63. The molecule has 1 amide bonds. The van der Waals surface area contributed by atoms with E-state index in [0.29, 0.717) is 17.9 Å². The Labute approximate surface area is 175 Å². The van der Waals surface area contributed by atoms with E-state index in [1.807, 2.05) is 60.7 Å². The maximum Gasteiger partial charge on any atom is 0.251 e. The summed E-state index contributed by atoms with van der Waals surface area (Å²) in [5.74, 6) is 2.13. The lowest BCUT2D eigenvalue weighted by Gasteiger charge is -2.12. The van der Waals surface area contributed by atoms with Gasteiger partial charge in [-0.15, -0.1) is 0 Å². The first-order chi connectivity index (χ1) is 14.7. The van der Waals surface area contributed by atoms with Crippen LogP contribution in [0.2, 0.25) is 0 Å². The normalized spacial score (nSPS) is 10.9. The van der Waals surface area contributed by atoms with E-state index >= 15 is 0 Å². The molecule has 30 heavy (non-hydrogen) atoms. The monoisotopic (exact) mass is 400 g/mol. The Hall–Kier alpha value is -3.60. The van der Waals surface area contributed by atoms with E-state index in [9.17, 15) is 4.79 Å². The first kappa shape index (κ1) is 19.7. The fraction of sp³-hybridized carbons (Fsp3) is 0.200. The van der Waals surface area contributed by atoms with Gasteiger partial charge in [-0.3, -0.25) is 9.78 Å². The Morgan fingerprint density at radius 2 is 1.83 bits per heavy atom. The lowest BCUT2D eigenvalue weighted by Crippen LogP contribution is -2.24. The number of methoxy groups -OCH3 is 1. The fourth-order valence-electron chi connectivity index (χ4n) is 3.44. The molecule has 0 aliphatic heterocycles. The Balaban J connectivity index is 1.63. The van der Waals surface area contributed by atoms with Gasteiger partial charge < -0.3 is 14.8 Å². The van der Waals surface area contributed by atoms with Crippen LogP contribution in [0.5, 0.6) is 17.2 Å². The minimum Gasteiger partial charge on any atom is -0.497 e. The number of nitrogens with zero attached hydrogens (tertiary/aromatic N) is 1. The number of hydrogen-bond donors (Lipinski definition) is 1. The van der Waals surface area contributed by atoms with Gasteiger partial charge in [0.1, 0.15) is 17.2 Å². The number of amides is 1. The molecule has 0 saturated heterocycles. The summed E-state index contributed by atoms with van der Waals surface area (Å²) < 4.78 is 11.4. The minimum atomic E-state index is -0.0446. The summed E-state index contributed by atoms with van der Waals surface area (Å²) in [6.07, 6.45) is 3.74. The third kappa shape index (κ3) is 4.06. The minimum absolute atomic E-state index is 0.0446. The molecular formula is C25H24N2O3. The number of nitrogens with one attached hydrogen (secondary N) is 1. The number of unbranched alkanes of at least 4 members (excludes halogenated alkanes) is 1. The number of rotatable bonds is 7. The van der Waals surface area contributed by atoms with E-state index in [2.05, 4.69) is 17.2 Å². The highest BCUT2D eigenvalue weighted by atomic mass is 16.5. The van der Waals surface area contributed by atoms with E-state index in [1.54, 1.807) is 13.3 Å². The molecule has 1 aromatic heterocycles. The zero-order valence-corrected chi connectivity index (χ0v) is 17.1. The molecule has 0 bridgehead atoms. The predicted octanol–water partition coefficient (Wildman–Crippen LogP) is 5.72. The molecule has 0 aliphatic rings. The van der Waals surface area contributed by atoms with Crippen molar-refractivity contribution in [1.82, 2.24) is 10.3 Å². The number of hydrogen-bond acceptors (Lipinski definition) is 4. The summed E-state index contributed by atoms with van der Waals surface area (Å²) in [5.41, 5.74) is 1.48. The first-order valence-corrected chi connectivity index (χ1v) is 10.1. The van der Waals surface area contributed by atoms with Gasteiger partial charge in [0.15, 0.2) is 0 Å². The molecule has 0 radical (unpaired) electrons. The summed E-state index contributed by atoms with van der Waals surface area (Å²) in [6, 6.07) is 19.1. The molecule has 0 fully saturated rings. The molecule has 4 rings (SSSR count). The van der Waals surface area contributed by atoms with E-state index in [4.69, 9.17) is 9.47 Å². The average molecular weight is 400 g/mol. The van der Waals surface area contributed by atoms with Gasteiger partial charge in [-0.05, 0) is 59.7 Å². The van der Waals surface area contributed by atoms with Crippen LogP contribution in [0.15, 0.2) is 66.9 Å². The van der Waals surface area contributed by atoms with Crippen molar-refractivity contribution < 1.29 is 14.3 Å². The van der Waals surface area contributed by atoms with E-state index in [1.165, 1.54) is 0 Å². The Morgan fingerprint density at radius 3 is 2.67 bits per heavy atom. The molecule has 0 spiro atoms. The molecule has 0 saturated carbocycles. The Kier molecular flexibility index (Phi) is 5.80. The summed E-state index contributed by atoms with van der Waals surface area (Å²) >= 11 is 0. The summed E-state index contributed by atoms with van der Waals surface area (Å²) in [4.78, 5) is 16.9. The Bertz CT molecular complexity index is 1200. The highest BCUT2D eigenvalue weighted by Crippen LogP contribution is 2.32. The highest BCUT2D eigenvalue weighted by molar-refractivity contribution is 6.07. The van der Waals surface area contributed by atoms with Crippen molar-refractivity contribution in [3.63, 3.8) is 0 Å². The third-order valence-electron chi connectivity index (χ3n) is 5.05. The summed E-state index contributed by atoms with van der Waals surface area (Å²) in [6.45, 7) is 2.79. The Morgan fingerprint density at radius 1 is 1.00 bits per heavy atom. The van der Waals surface area contributed by atoms with Gasteiger partial charge in [-0.25, -0.2) is 0 Å². The van der Waals surface area contributed by atoms with Crippen LogP contribution >= 0.6 is 0 Å². The van der Waals surface area contributed by atoms with Gasteiger partial charge in [0.2, 0.25) is 0 Å². The van der Waals surface area contributed by atoms with Crippen LogP contribution in [0.25, 0.3) is 21.7 Å². The van der Waals surface area contributed by atoms with Crippen molar-refractivity contribution >= 4 is 27.6 Å². The predicted molar refractivity (Wildman–Crippen MR) is 120 cm³/mol. The smallest absolute Gasteiger partial charge is 0.251 e. The highest BCUT2D eigenvalue weighted by Gasteiger charge is 2.11. The largest absolute Gasteiger partial charge is 0.497 e. The second kappa shape index (κ2) is 8.82. The van der Waals surface area contributed by atoms with Gasteiger partial charge in [0.25, 0.3) is 5.91 Å². The molecule has 1 heterocycles. The lowest BCUT2D eigenvalue weighted by atomic mass is 10.0. The van der Waals surface area contributed by atoms with Crippen LogP contribution < -0.4 is 14.8 Å². The molecule has 4 aromatic rings. The number of ether oxygens (including phenoxy) is 2. The van der Waals surface area contributed by atoms with Gasteiger partial charge in [-0.2, -0.15) is 0 Å². The molecule has 0 atom stereocenters. The lowest BCUT2D eigenvalue weighted by molar-refractivity contribution is 0.0955. The van der Waals surface area contributed by atoms with Crippen molar-refractivity contribution in [2.75, 3.05) is 13.7 Å². The second-order valence-electron chi connectivity index (χ2n) is 7.09. The van der Waals surface area contributed by atoms with Crippen molar-refractivity contribution in [3.8, 4) is 17.2 Å². The maximum atomic E-state index is 12.5. The maximum absolute atomic E-state index is 12.5. The standard InChI is InChI=1S/C25H24N2O3/c1-3-4-13-27-25(28)21-7-5-6-17-15-19(9-10-20(17)21)30-24-12-14-26-23-16-18(29-2)8-11-22(23)24/h5-12,14-16H,3-4,13H2,1-2H3,(H,27,28). The van der Waals surface area contributed by atoms with Crippen LogP contribution in [0.4, 0.5) is 0 Å². The number of pyridine rings is 1. The van der Waals surface area contributed by atoms with Crippen LogP contribution in [0.1, 0.15) is 30.1 Å². The molecule has 152 valence electrons. The quantitative estimate of drug-likeness (QED) is 0.403. The van der Waals surface area contributed by atoms with Crippen molar-refractivity contribution in [2.24, 2.45) is 0 Å². The molecule has 0 aliphatic carbocycles. The van der Waals surface area contributed by atoms with Crippen molar-refractivity contribution in [3.05, 3.63) is 72.4 Å². The average Bonchev–Trinajstić information content (AvgIpc) is 2.78. The van der Waals surface area contributed by atoms with Crippen LogP contribution in [0, 0.1) is 0 Å². The number of fused-ring (bicyclic) bond motifs is 2. The number of aromatic nitrogens is 1. The van der Waals surface area contributed by atoms with Crippen molar-refractivity contribution in [2.45, 2.75) is 19.8 Å². The molecule has 3 aromatic carbocycles. The topological polar surface area (TPSA) is 60.5 Å². The van der Waals surface area contributed by atoms with Crippen LogP contribution in [0.3, 0.4) is 0 Å². The van der Waals surface area contributed by atoms with Crippen LogP contribution in [-0.2, 0) is 0 Å². The SMILES string of the molecule is CCCCNC(=O)c1cccc2cc(Oc3ccnc4cc(OC)ccc34)ccc12. The van der Waals surface area contributed by atoms with Gasteiger partial charge >= 0.3 is 0 Å². The molecule has 5 nitrogen and oxygen atoms in total. The first-order valence-electron chi connectivity index (χ1n) is 10.1. The molecule has 0 unspecified atom stereocenters. The number of carbonyl (C=O) groups is 1.